The van der Waals surface area contributed by atoms with Gasteiger partial charge in [0.25, 0.3) is 0 Å². The first-order chi connectivity index (χ1) is 9.46. The van der Waals surface area contributed by atoms with Crippen molar-refractivity contribution in [2.75, 3.05) is 6.61 Å². The van der Waals surface area contributed by atoms with Gasteiger partial charge in [-0.3, -0.25) is 0 Å². The molecule has 120 valence electrons. The summed E-state index contributed by atoms with van der Waals surface area (Å²) >= 11 is 0. The lowest BCUT2D eigenvalue weighted by Gasteiger charge is -2.42. The van der Waals surface area contributed by atoms with Gasteiger partial charge in [-0.1, -0.05) is 52.9 Å². The van der Waals surface area contributed by atoms with E-state index in [-0.39, 0.29) is 12.2 Å². The fourth-order valence-corrected chi connectivity index (χ4v) is 3.42. The maximum atomic E-state index is 10.00. The molecule has 1 unspecified atom stereocenters. The summed E-state index contributed by atoms with van der Waals surface area (Å²) in [6.07, 6.45) is 11.3. The topological polar surface area (TPSA) is 29.5 Å². The zero-order chi connectivity index (χ0) is 15.0. The number of hydrogen-bond acceptors (Lipinski definition) is 2. The van der Waals surface area contributed by atoms with E-state index in [1.165, 1.54) is 44.9 Å². The number of aliphatic hydroxyl groups excluding tert-OH is 1. The first-order valence-corrected chi connectivity index (χ1v) is 8.76. The molecule has 1 fully saturated rings. The molecule has 0 aromatic carbocycles. The van der Waals surface area contributed by atoms with Gasteiger partial charge < -0.3 is 9.84 Å². The molecule has 0 radical (unpaired) electrons. The Bertz CT molecular complexity index is 248. The van der Waals surface area contributed by atoms with E-state index in [0.717, 1.165) is 19.4 Å². The van der Waals surface area contributed by atoms with Gasteiger partial charge in [-0.2, -0.15) is 0 Å². The molecular weight excluding hydrogens is 248 g/mol. The Morgan fingerprint density at radius 1 is 1.15 bits per heavy atom. The Morgan fingerprint density at radius 3 is 2.45 bits per heavy atom. The quantitative estimate of drug-likeness (QED) is 0.608. The maximum absolute atomic E-state index is 10.00. The molecule has 0 spiro atoms. The molecule has 2 heteroatoms. The Hall–Kier alpha value is -0.0800. The zero-order valence-corrected chi connectivity index (χ0v) is 14.2. The van der Waals surface area contributed by atoms with Gasteiger partial charge in [0.15, 0.2) is 0 Å². The van der Waals surface area contributed by atoms with Crippen molar-refractivity contribution in [1.29, 1.82) is 0 Å². The SMILES string of the molecule is CCCCCCCCO[C@@H]1CCC(C)(C)CC1[C@H](C)O. The van der Waals surface area contributed by atoms with E-state index in [4.69, 9.17) is 4.74 Å². The number of ether oxygens (including phenoxy) is 1. The van der Waals surface area contributed by atoms with Crippen molar-refractivity contribution in [2.45, 2.75) is 97.7 Å². The monoisotopic (exact) mass is 284 g/mol. The molecule has 0 aromatic rings. The lowest BCUT2D eigenvalue weighted by Crippen LogP contribution is -2.40. The second-order valence-corrected chi connectivity index (χ2v) is 7.49. The number of rotatable bonds is 9. The molecule has 1 aliphatic rings. The lowest BCUT2D eigenvalue weighted by atomic mass is 9.69. The predicted molar refractivity (Wildman–Crippen MR) is 85.9 cm³/mol. The Kier molecular flexibility index (Phi) is 8.13. The molecular formula is C18H36O2. The van der Waals surface area contributed by atoms with Gasteiger partial charge in [0.2, 0.25) is 0 Å². The van der Waals surface area contributed by atoms with Gasteiger partial charge >= 0.3 is 0 Å². The average Bonchev–Trinajstić information content (AvgIpc) is 2.38. The lowest BCUT2D eigenvalue weighted by molar-refractivity contribution is -0.0779. The van der Waals surface area contributed by atoms with E-state index in [9.17, 15) is 5.11 Å². The zero-order valence-electron chi connectivity index (χ0n) is 14.2. The van der Waals surface area contributed by atoms with Crippen LogP contribution in [0.3, 0.4) is 0 Å². The molecule has 0 saturated heterocycles. The highest BCUT2D eigenvalue weighted by Crippen LogP contribution is 2.41. The average molecular weight is 284 g/mol. The van der Waals surface area contributed by atoms with Crippen molar-refractivity contribution < 1.29 is 9.84 Å². The minimum atomic E-state index is -0.246. The second-order valence-electron chi connectivity index (χ2n) is 7.49. The van der Waals surface area contributed by atoms with Crippen molar-refractivity contribution in [2.24, 2.45) is 11.3 Å². The van der Waals surface area contributed by atoms with Crippen LogP contribution in [0.5, 0.6) is 0 Å². The molecule has 3 atom stereocenters. The van der Waals surface area contributed by atoms with Gasteiger partial charge in [0, 0.05) is 12.5 Å². The third kappa shape index (κ3) is 6.58. The summed E-state index contributed by atoms with van der Waals surface area (Å²) in [5, 5.41) is 10.00. The molecule has 1 aliphatic carbocycles. The van der Waals surface area contributed by atoms with E-state index in [0.29, 0.717) is 11.3 Å². The van der Waals surface area contributed by atoms with Gasteiger partial charge in [0.05, 0.1) is 12.2 Å². The van der Waals surface area contributed by atoms with Crippen LogP contribution in [0.25, 0.3) is 0 Å². The van der Waals surface area contributed by atoms with Crippen LogP contribution in [0, 0.1) is 11.3 Å². The molecule has 2 nitrogen and oxygen atoms in total. The highest BCUT2D eigenvalue weighted by molar-refractivity contribution is 4.88. The molecule has 0 bridgehead atoms. The fourth-order valence-electron chi connectivity index (χ4n) is 3.42. The van der Waals surface area contributed by atoms with Gasteiger partial charge in [-0.05, 0) is 38.0 Å². The van der Waals surface area contributed by atoms with Crippen LogP contribution < -0.4 is 0 Å². The van der Waals surface area contributed by atoms with Crippen molar-refractivity contribution in [3.8, 4) is 0 Å². The third-order valence-electron chi connectivity index (χ3n) is 4.82. The van der Waals surface area contributed by atoms with E-state index in [1.54, 1.807) is 0 Å². The normalized spacial score (nSPS) is 27.4. The van der Waals surface area contributed by atoms with Crippen LogP contribution in [0.4, 0.5) is 0 Å². The summed E-state index contributed by atoms with van der Waals surface area (Å²) in [5.41, 5.74) is 0.363. The van der Waals surface area contributed by atoms with Crippen molar-refractivity contribution in [3.63, 3.8) is 0 Å². The number of aliphatic hydroxyl groups is 1. The van der Waals surface area contributed by atoms with E-state index >= 15 is 0 Å². The van der Waals surface area contributed by atoms with Crippen LogP contribution in [0.1, 0.15) is 85.5 Å². The van der Waals surface area contributed by atoms with Crippen LogP contribution >= 0.6 is 0 Å². The molecule has 1 saturated carbocycles. The van der Waals surface area contributed by atoms with Crippen LogP contribution in [0.2, 0.25) is 0 Å². The largest absolute Gasteiger partial charge is 0.393 e. The van der Waals surface area contributed by atoms with Crippen LogP contribution in [-0.4, -0.2) is 23.9 Å². The first-order valence-electron chi connectivity index (χ1n) is 8.76. The van der Waals surface area contributed by atoms with Crippen molar-refractivity contribution in [1.82, 2.24) is 0 Å². The van der Waals surface area contributed by atoms with E-state index in [2.05, 4.69) is 20.8 Å². The summed E-state index contributed by atoms with van der Waals surface area (Å²) in [7, 11) is 0. The molecule has 20 heavy (non-hydrogen) atoms. The van der Waals surface area contributed by atoms with Crippen LogP contribution in [-0.2, 0) is 4.74 Å². The Labute approximate surface area is 126 Å². The summed E-state index contributed by atoms with van der Waals surface area (Å²) in [4.78, 5) is 0. The standard InChI is InChI=1S/C18H36O2/c1-5-6-7-8-9-10-13-20-17-11-12-18(3,4)14-16(17)15(2)19/h15-17,19H,5-14H2,1-4H3/t15-,16?,17+/m0/s1. The first kappa shape index (κ1) is 18.0. The van der Waals surface area contributed by atoms with Gasteiger partial charge in [-0.25, -0.2) is 0 Å². The molecule has 1 rings (SSSR count). The van der Waals surface area contributed by atoms with Gasteiger partial charge in [0.1, 0.15) is 0 Å². The second kappa shape index (κ2) is 9.04. The Balaban J connectivity index is 2.21. The van der Waals surface area contributed by atoms with Gasteiger partial charge in [-0.15, -0.1) is 0 Å². The predicted octanol–water partition coefficient (Wildman–Crippen LogP) is 4.94. The van der Waals surface area contributed by atoms with E-state index < -0.39 is 0 Å². The number of hydrogen-bond donors (Lipinski definition) is 1. The highest BCUT2D eigenvalue weighted by atomic mass is 16.5. The molecule has 0 amide bonds. The number of unbranched alkanes of at least 4 members (excludes halogenated alkanes) is 5. The summed E-state index contributed by atoms with van der Waals surface area (Å²) in [6, 6.07) is 0. The smallest absolute Gasteiger partial charge is 0.0628 e. The van der Waals surface area contributed by atoms with Crippen molar-refractivity contribution >= 4 is 0 Å². The minimum absolute atomic E-state index is 0.246. The third-order valence-corrected chi connectivity index (χ3v) is 4.82. The van der Waals surface area contributed by atoms with Crippen LogP contribution in [0.15, 0.2) is 0 Å². The molecule has 0 heterocycles. The molecule has 0 aliphatic heterocycles. The maximum Gasteiger partial charge on any atom is 0.0628 e. The summed E-state index contributed by atoms with van der Waals surface area (Å²) in [5.74, 6) is 0.318. The summed E-state index contributed by atoms with van der Waals surface area (Å²) in [6.45, 7) is 9.68. The Morgan fingerprint density at radius 2 is 1.80 bits per heavy atom. The van der Waals surface area contributed by atoms with Crippen molar-refractivity contribution in [3.05, 3.63) is 0 Å². The summed E-state index contributed by atoms with van der Waals surface area (Å²) < 4.78 is 6.10. The van der Waals surface area contributed by atoms with E-state index in [1.807, 2.05) is 6.92 Å². The minimum Gasteiger partial charge on any atom is -0.393 e. The highest BCUT2D eigenvalue weighted by Gasteiger charge is 2.37. The molecule has 1 N–H and O–H groups in total. The molecule has 0 aromatic heterocycles. The fraction of sp³-hybridized carbons (Fsp3) is 1.00.